The van der Waals surface area contributed by atoms with Crippen LogP contribution in [0.5, 0.6) is 17.2 Å². The van der Waals surface area contributed by atoms with Gasteiger partial charge in [0.05, 0.1) is 12.1 Å². The van der Waals surface area contributed by atoms with Crippen molar-refractivity contribution in [1.29, 1.82) is 0 Å². The van der Waals surface area contributed by atoms with E-state index in [-0.39, 0.29) is 17.7 Å². The van der Waals surface area contributed by atoms with Crippen molar-refractivity contribution in [1.82, 2.24) is 15.2 Å². The number of nitrogens with one attached hydrogen (secondary N) is 3. The lowest BCUT2D eigenvalue weighted by Gasteiger charge is -2.34. The smallest absolute Gasteiger partial charge is 0.240 e. The molecule has 240 valence electrons. The van der Waals surface area contributed by atoms with E-state index in [4.69, 9.17) is 14.2 Å². The molecular weight excluding hydrogens is 596 g/mol. The fourth-order valence-corrected chi connectivity index (χ4v) is 5.44. The number of amides is 2. The Morgan fingerprint density at radius 2 is 1.74 bits per heavy atom. The van der Waals surface area contributed by atoms with Crippen LogP contribution in [0.15, 0.2) is 72.9 Å². The van der Waals surface area contributed by atoms with Gasteiger partial charge in [-0.2, -0.15) is 0 Å². The number of rotatable bonds is 12. The minimum Gasteiger partial charge on any atom is -0.493 e. The summed E-state index contributed by atoms with van der Waals surface area (Å²) in [4.78, 5) is 32.6. The van der Waals surface area contributed by atoms with Crippen LogP contribution in [-0.4, -0.2) is 67.8 Å². The van der Waals surface area contributed by atoms with E-state index in [1.165, 1.54) is 36.4 Å². The summed E-state index contributed by atoms with van der Waals surface area (Å²) in [7, 11) is 1.72. The quantitative estimate of drug-likeness (QED) is 0.143. The number of benzene rings is 3. The van der Waals surface area contributed by atoms with Gasteiger partial charge in [-0.25, -0.2) is 8.78 Å². The zero-order valence-corrected chi connectivity index (χ0v) is 25.4. The molecule has 1 unspecified atom stereocenters. The summed E-state index contributed by atoms with van der Waals surface area (Å²) in [5, 5.41) is 9.30. The summed E-state index contributed by atoms with van der Waals surface area (Å²) < 4.78 is 45.8. The molecule has 46 heavy (non-hydrogen) atoms. The Kier molecular flexibility index (Phi) is 9.38. The summed E-state index contributed by atoms with van der Waals surface area (Å²) in [6.45, 7) is 4.08. The number of carbonyl (C=O) groups is 2. The third-order valence-corrected chi connectivity index (χ3v) is 8.24. The molecule has 3 N–H and O–H groups in total. The van der Waals surface area contributed by atoms with Crippen molar-refractivity contribution in [3.63, 3.8) is 0 Å². The van der Waals surface area contributed by atoms with E-state index >= 15 is 4.39 Å². The molecule has 1 saturated heterocycles. The zero-order chi connectivity index (χ0) is 32.1. The molecule has 3 aromatic carbocycles. The number of nitrogens with zero attached hydrogens (tertiary/aromatic N) is 2. The summed E-state index contributed by atoms with van der Waals surface area (Å²) >= 11 is 0. The average Bonchev–Trinajstić information content (AvgIpc) is 3.88. The minimum atomic E-state index is -1.27. The number of anilines is 2. The Balaban J connectivity index is 1.05. The van der Waals surface area contributed by atoms with Gasteiger partial charge in [0.15, 0.2) is 11.6 Å². The Bertz CT molecular complexity index is 1720. The van der Waals surface area contributed by atoms with E-state index < -0.39 is 28.9 Å². The van der Waals surface area contributed by atoms with Crippen LogP contribution < -0.4 is 25.4 Å². The number of aromatic nitrogens is 1. The second kappa shape index (κ2) is 13.8. The number of pyridine rings is 1. The SMILES string of the molecule is COC1CNCCN1CCCOc1ccc2c(Oc3ccc(NC(=O)C4(C(=O)Nc5ccc(F)cc5)CC4)cc3F)ccnc2c1. The number of hydrogen-bond acceptors (Lipinski definition) is 8. The maximum absolute atomic E-state index is 15.2. The molecule has 6 rings (SSSR count). The highest BCUT2D eigenvalue weighted by Crippen LogP contribution is 2.47. The Labute approximate surface area is 265 Å². The van der Waals surface area contributed by atoms with Crippen LogP contribution in [0.3, 0.4) is 0 Å². The van der Waals surface area contributed by atoms with Crippen molar-refractivity contribution >= 4 is 34.1 Å². The first kappa shape index (κ1) is 31.3. The summed E-state index contributed by atoms with van der Waals surface area (Å²) in [5.41, 5.74) is -0.0644. The van der Waals surface area contributed by atoms with Crippen LogP contribution in [0.25, 0.3) is 10.9 Å². The molecule has 2 amide bonds. The van der Waals surface area contributed by atoms with E-state index in [0.29, 0.717) is 47.5 Å². The maximum atomic E-state index is 15.2. The van der Waals surface area contributed by atoms with E-state index in [2.05, 4.69) is 25.8 Å². The summed E-state index contributed by atoms with van der Waals surface area (Å²) in [5.74, 6) is -1.12. The number of methoxy groups -OCH3 is 1. The standard InChI is InChI=1S/C34H35F2N5O5/c1-44-31-21-37-15-17-41(31)16-2-18-45-25-8-9-26-28(20-25)38-14-11-29(26)46-30-10-7-24(19-27(30)36)40-33(43)34(12-13-34)32(42)39-23-5-3-22(35)4-6-23/h3-11,14,19-20,31,37H,2,12-13,15-18,21H2,1H3,(H,39,42)(H,40,43). The average molecular weight is 632 g/mol. The lowest BCUT2D eigenvalue weighted by atomic mass is 10.0. The van der Waals surface area contributed by atoms with Crippen molar-refractivity contribution in [2.24, 2.45) is 5.41 Å². The van der Waals surface area contributed by atoms with Crippen molar-refractivity contribution in [3.8, 4) is 17.2 Å². The topological polar surface area (TPSA) is 114 Å². The molecule has 2 heterocycles. The molecule has 4 aromatic rings. The van der Waals surface area contributed by atoms with Gasteiger partial charge >= 0.3 is 0 Å². The van der Waals surface area contributed by atoms with Crippen LogP contribution in [0.4, 0.5) is 20.2 Å². The first-order chi connectivity index (χ1) is 22.3. The highest BCUT2D eigenvalue weighted by Gasteiger charge is 2.56. The number of hydrogen-bond donors (Lipinski definition) is 3. The Morgan fingerprint density at radius 1 is 0.978 bits per heavy atom. The molecule has 1 saturated carbocycles. The molecule has 2 aliphatic rings. The van der Waals surface area contributed by atoms with Crippen molar-refractivity contribution < 1.29 is 32.6 Å². The first-order valence-electron chi connectivity index (χ1n) is 15.2. The fraction of sp³-hybridized carbons (Fsp3) is 0.324. The normalized spacial score (nSPS) is 17.3. The van der Waals surface area contributed by atoms with E-state index in [1.54, 1.807) is 19.4 Å². The number of fused-ring (bicyclic) bond motifs is 1. The first-order valence-corrected chi connectivity index (χ1v) is 15.2. The zero-order valence-electron chi connectivity index (χ0n) is 25.4. The highest BCUT2D eigenvalue weighted by molar-refractivity contribution is 6.16. The Hall–Kier alpha value is -4.65. The van der Waals surface area contributed by atoms with Gasteiger partial charge in [-0.1, -0.05) is 0 Å². The van der Waals surface area contributed by atoms with Gasteiger partial charge in [0, 0.05) is 68.4 Å². The fourth-order valence-electron chi connectivity index (χ4n) is 5.44. The predicted molar refractivity (Wildman–Crippen MR) is 169 cm³/mol. The molecule has 1 aliphatic carbocycles. The van der Waals surface area contributed by atoms with Crippen molar-refractivity contribution in [2.75, 3.05) is 50.5 Å². The van der Waals surface area contributed by atoms with Crippen molar-refractivity contribution in [2.45, 2.75) is 25.5 Å². The molecular formula is C34H35F2N5O5. The van der Waals surface area contributed by atoms with Gasteiger partial charge in [-0.05, 0) is 73.9 Å². The number of halogens is 2. The molecule has 10 nitrogen and oxygen atoms in total. The van der Waals surface area contributed by atoms with E-state index in [1.807, 2.05) is 18.2 Å². The lowest BCUT2D eigenvalue weighted by molar-refractivity contribution is -0.131. The molecule has 0 bridgehead atoms. The largest absolute Gasteiger partial charge is 0.493 e. The monoisotopic (exact) mass is 631 g/mol. The number of carbonyl (C=O) groups excluding carboxylic acids is 2. The second-order valence-electron chi connectivity index (χ2n) is 11.4. The maximum Gasteiger partial charge on any atom is 0.240 e. The van der Waals surface area contributed by atoms with Gasteiger partial charge in [-0.3, -0.25) is 19.5 Å². The van der Waals surface area contributed by atoms with Crippen LogP contribution >= 0.6 is 0 Å². The van der Waals surface area contributed by atoms with Gasteiger partial charge in [0.1, 0.15) is 29.0 Å². The third-order valence-electron chi connectivity index (χ3n) is 8.24. The minimum absolute atomic E-state index is 0.0386. The highest BCUT2D eigenvalue weighted by atomic mass is 19.1. The second-order valence-corrected chi connectivity index (χ2v) is 11.4. The number of ether oxygens (including phenoxy) is 3. The molecule has 2 fully saturated rings. The molecule has 1 aromatic heterocycles. The third kappa shape index (κ3) is 7.09. The lowest BCUT2D eigenvalue weighted by Crippen LogP contribution is -2.52. The summed E-state index contributed by atoms with van der Waals surface area (Å²) in [6, 6.07) is 16.5. The molecule has 1 aliphatic heterocycles. The van der Waals surface area contributed by atoms with Crippen molar-refractivity contribution in [3.05, 3.63) is 84.6 Å². The predicted octanol–water partition coefficient (Wildman–Crippen LogP) is 5.31. The van der Waals surface area contributed by atoms with Gasteiger partial charge in [-0.15, -0.1) is 0 Å². The van der Waals surface area contributed by atoms with E-state index in [0.717, 1.165) is 38.7 Å². The van der Waals surface area contributed by atoms with Crippen LogP contribution in [0.1, 0.15) is 19.3 Å². The van der Waals surface area contributed by atoms with E-state index in [9.17, 15) is 14.0 Å². The molecule has 1 atom stereocenters. The molecule has 0 radical (unpaired) electrons. The van der Waals surface area contributed by atoms with Crippen LogP contribution in [0, 0.1) is 17.0 Å². The molecule has 0 spiro atoms. The Morgan fingerprint density at radius 3 is 2.48 bits per heavy atom. The van der Waals surface area contributed by atoms with Crippen LogP contribution in [0.2, 0.25) is 0 Å². The number of piperazine rings is 1. The van der Waals surface area contributed by atoms with Crippen LogP contribution in [-0.2, 0) is 14.3 Å². The van der Waals surface area contributed by atoms with Gasteiger partial charge in [0.25, 0.3) is 0 Å². The van der Waals surface area contributed by atoms with Gasteiger partial charge in [0.2, 0.25) is 11.8 Å². The summed E-state index contributed by atoms with van der Waals surface area (Å²) in [6.07, 6.45) is 3.19. The van der Waals surface area contributed by atoms with Gasteiger partial charge < -0.3 is 30.2 Å². The molecule has 12 heteroatoms.